The first-order valence-corrected chi connectivity index (χ1v) is 7.45. The minimum Gasteiger partial charge on any atom is -0.389 e. The van der Waals surface area contributed by atoms with Crippen LogP contribution in [0.2, 0.25) is 5.02 Å². The molecule has 0 fully saturated rings. The largest absolute Gasteiger partial charge is 0.389 e. The van der Waals surface area contributed by atoms with E-state index in [1.165, 1.54) is 0 Å². The second-order valence-electron chi connectivity index (χ2n) is 5.56. The fraction of sp³-hybridized carbons (Fsp3) is 0.533. The predicted octanol–water partition coefficient (Wildman–Crippen LogP) is 4.31. The van der Waals surface area contributed by atoms with E-state index in [0.29, 0.717) is 27.8 Å². The molecule has 0 saturated heterocycles. The number of nitrogens with two attached hydrogens (primary N) is 1. The van der Waals surface area contributed by atoms with Crippen molar-refractivity contribution in [2.45, 2.75) is 27.7 Å². The van der Waals surface area contributed by atoms with Gasteiger partial charge in [-0.15, -0.1) is 0 Å². The normalized spacial score (nSPS) is 11.4. The second kappa shape index (κ2) is 7.11. The number of hydrogen-bond donors (Lipinski definition) is 2. The molecule has 19 heavy (non-hydrogen) atoms. The van der Waals surface area contributed by atoms with Gasteiger partial charge in [-0.05, 0) is 29.9 Å². The van der Waals surface area contributed by atoms with Crippen molar-refractivity contribution in [3.05, 3.63) is 28.8 Å². The average molecular weight is 299 g/mol. The van der Waals surface area contributed by atoms with Crippen molar-refractivity contribution in [2.75, 3.05) is 11.9 Å². The summed E-state index contributed by atoms with van der Waals surface area (Å²) in [5.41, 5.74) is 7.41. The zero-order valence-electron chi connectivity index (χ0n) is 12.0. The van der Waals surface area contributed by atoms with E-state index in [2.05, 4.69) is 33.0 Å². The quantitative estimate of drug-likeness (QED) is 0.768. The Hall–Kier alpha value is -0.800. The van der Waals surface area contributed by atoms with Crippen LogP contribution in [-0.2, 0) is 0 Å². The van der Waals surface area contributed by atoms with Gasteiger partial charge in [-0.25, -0.2) is 0 Å². The van der Waals surface area contributed by atoms with Crippen LogP contribution in [0.1, 0.15) is 33.3 Å². The van der Waals surface area contributed by atoms with Gasteiger partial charge in [0.1, 0.15) is 4.99 Å². The molecule has 4 heteroatoms. The Kier molecular flexibility index (Phi) is 6.08. The summed E-state index contributed by atoms with van der Waals surface area (Å²) < 4.78 is 0. The summed E-state index contributed by atoms with van der Waals surface area (Å²) >= 11 is 11.2. The topological polar surface area (TPSA) is 38.0 Å². The molecule has 106 valence electrons. The third-order valence-corrected chi connectivity index (χ3v) is 4.02. The third kappa shape index (κ3) is 4.36. The fourth-order valence-corrected chi connectivity index (χ4v) is 2.94. The maximum absolute atomic E-state index is 6.16. The van der Waals surface area contributed by atoms with Crippen molar-refractivity contribution >= 4 is 34.5 Å². The summed E-state index contributed by atoms with van der Waals surface area (Å²) in [6, 6.07) is 5.69. The molecule has 2 nitrogen and oxygen atoms in total. The highest BCUT2D eigenvalue weighted by Crippen LogP contribution is 2.26. The minimum atomic E-state index is 0.332. The molecule has 0 aliphatic rings. The molecule has 1 aromatic rings. The van der Waals surface area contributed by atoms with Crippen LogP contribution in [0.4, 0.5) is 5.69 Å². The Labute approximate surface area is 126 Å². The summed E-state index contributed by atoms with van der Waals surface area (Å²) in [6.07, 6.45) is 0. The lowest BCUT2D eigenvalue weighted by Crippen LogP contribution is -2.25. The van der Waals surface area contributed by atoms with Crippen LogP contribution in [0.15, 0.2) is 18.2 Å². The van der Waals surface area contributed by atoms with E-state index >= 15 is 0 Å². The van der Waals surface area contributed by atoms with Crippen LogP contribution in [0.5, 0.6) is 0 Å². The van der Waals surface area contributed by atoms with Crippen molar-refractivity contribution in [2.24, 2.45) is 23.5 Å². The van der Waals surface area contributed by atoms with Crippen LogP contribution in [-0.4, -0.2) is 11.5 Å². The van der Waals surface area contributed by atoms with Crippen molar-refractivity contribution in [1.82, 2.24) is 0 Å². The second-order valence-corrected chi connectivity index (χ2v) is 6.41. The molecule has 0 atom stereocenters. The Morgan fingerprint density at radius 3 is 2.32 bits per heavy atom. The molecule has 0 heterocycles. The maximum atomic E-state index is 6.16. The molecule has 3 N–H and O–H groups in total. The number of rotatable bonds is 6. The van der Waals surface area contributed by atoms with Crippen molar-refractivity contribution < 1.29 is 0 Å². The number of anilines is 1. The maximum Gasteiger partial charge on any atom is 0.107 e. The molecule has 0 aromatic heterocycles. The lowest BCUT2D eigenvalue weighted by atomic mass is 9.85. The van der Waals surface area contributed by atoms with E-state index in [4.69, 9.17) is 29.6 Å². The first-order valence-electron chi connectivity index (χ1n) is 6.66. The predicted molar refractivity (Wildman–Crippen MR) is 89.0 cm³/mol. The van der Waals surface area contributed by atoms with Gasteiger partial charge in [-0.2, -0.15) is 0 Å². The van der Waals surface area contributed by atoms with E-state index in [9.17, 15) is 0 Å². The molecule has 0 amide bonds. The number of benzene rings is 1. The molecule has 0 unspecified atom stereocenters. The summed E-state index contributed by atoms with van der Waals surface area (Å²) in [5, 5.41) is 4.05. The van der Waals surface area contributed by atoms with E-state index < -0.39 is 0 Å². The number of nitrogens with one attached hydrogen (secondary N) is 1. The highest BCUT2D eigenvalue weighted by atomic mass is 35.5. The molecule has 0 radical (unpaired) electrons. The Balaban J connectivity index is 2.88. The Morgan fingerprint density at radius 2 is 1.84 bits per heavy atom. The van der Waals surface area contributed by atoms with Gasteiger partial charge in [-0.3, -0.25) is 0 Å². The lowest BCUT2D eigenvalue weighted by Gasteiger charge is -2.26. The molecule has 1 rings (SSSR count). The van der Waals surface area contributed by atoms with Crippen LogP contribution in [0.25, 0.3) is 0 Å². The standard InChI is InChI=1S/C15H23ClN2S/c1-9(2)11(10(3)4)8-18-13-7-5-6-12(16)14(13)15(17)19/h5-7,9-11,18H,8H2,1-4H3,(H2,17,19). The van der Waals surface area contributed by atoms with Gasteiger partial charge >= 0.3 is 0 Å². The molecule has 0 aliphatic heterocycles. The molecule has 0 saturated carbocycles. The monoisotopic (exact) mass is 298 g/mol. The van der Waals surface area contributed by atoms with Crippen LogP contribution < -0.4 is 11.1 Å². The minimum absolute atomic E-state index is 0.332. The van der Waals surface area contributed by atoms with Crippen LogP contribution in [0.3, 0.4) is 0 Å². The highest BCUT2D eigenvalue weighted by Gasteiger charge is 2.18. The van der Waals surface area contributed by atoms with Gasteiger partial charge in [0.15, 0.2) is 0 Å². The van der Waals surface area contributed by atoms with E-state index in [1.54, 1.807) is 0 Å². The van der Waals surface area contributed by atoms with Gasteiger partial charge in [0.05, 0.1) is 10.6 Å². The fourth-order valence-electron chi connectivity index (χ4n) is 2.39. The third-order valence-electron chi connectivity index (χ3n) is 3.50. The zero-order valence-corrected chi connectivity index (χ0v) is 13.6. The lowest BCUT2D eigenvalue weighted by molar-refractivity contribution is 0.304. The summed E-state index contributed by atoms with van der Waals surface area (Å²) in [4.78, 5) is 0.332. The highest BCUT2D eigenvalue weighted by molar-refractivity contribution is 7.80. The average Bonchev–Trinajstić information content (AvgIpc) is 2.27. The molecular formula is C15H23ClN2S. The van der Waals surface area contributed by atoms with Gasteiger partial charge in [0, 0.05) is 12.2 Å². The smallest absolute Gasteiger partial charge is 0.107 e. The molecule has 1 aromatic carbocycles. The summed E-state index contributed by atoms with van der Waals surface area (Å²) in [5.74, 6) is 1.85. The zero-order chi connectivity index (χ0) is 14.6. The van der Waals surface area contributed by atoms with Gasteiger partial charge in [0.25, 0.3) is 0 Å². The molecule has 0 bridgehead atoms. The number of halogens is 1. The van der Waals surface area contributed by atoms with Gasteiger partial charge in [0.2, 0.25) is 0 Å². The Bertz CT molecular complexity index is 436. The summed E-state index contributed by atoms with van der Waals surface area (Å²) in [7, 11) is 0. The molecule has 0 aliphatic carbocycles. The number of hydrogen-bond acceptors (Lipinski definition) is 2. The van der Waals surface area contributed by atoms with Crippen molar-refractivity contribution in [3.8, 4) is 0 Å². The van der Waals surface area contributed by atoms with Gasteiger partial charge < -0.3 is 11.1 Å². The Morgan fingerprint density at radius 1 is 1.26 bits per heavy atom. The number of thiocarbonyl (C=S) groups is 1. The van der Waals surface area contributed by atoms with E-state index in [1.807, 2.05) is 18.2 Å². The van der Waals surface area contributed by atoms with Crippen molar-refractivity contribution in [3.63, 3.8) is 0 Å². The van der Waals surface area contributed by atoms with Crippen molar-refractivity contribution in [1.29, 1.82) is 0 Å². The van der Waals surface area contributed by atoms with Gasteiger partial charge in [-0.1, -0.05) is 57.6 Å². The van der Waals surface area contributed by atoms with E-state index in [-0.39, 0.29) is 0 Å². The first kappa shape index (κ1) is 16.3. The molecule has 0 spiro atoms. The summed E-state index contributed by atoms with van der Waals surface area (Å²) in [6.45, 7) is 9.89. The SMILES string of the molecule is CC(C)C(CNc1cccc(Cl)c1C(N)=S)C(C)C. The van der Waals surface area contributed by atoms with Crippen LogP contribution >= 0.6 is 23.8 Å². The van der Waals surface area contributed by atoms with Crippen LogP contribution in [0, 0.1) is 17.8 Å². The molecular weight excluding hydrogens is 276 g/mol. The van der Waals surface area contributed by atoms with E-state index in [0.717, 1.165) is 17.8 Å². The first-order chi connectivity index (χ1) is 8.84.